The number of hydrogen-bond acceptors (Lipinski definition) is 8. The Morgan fingerprint density at radius 2 is 1.92 bits per heavy atom. The van der Waals surface area contributed by atoms with Gasteiger partial charge < -0.3 is 9.80 Å². The van der Waals surface area contributed by atoms with E-state index >= 15 is 0 Å². The summed E-state index contributed by atoms with van der Waals surface area (Å²) in [7, 11) is -3.58. The molecule has 0 unspecified atom stereocenters. The van der Waals surface area contributed by atoms with Gasteiger partial charge in [0.15, 0.2) is 5.65 Å². The van der Waals surface area contributed by atoms with Gasteiger partial charge in [-0.1, -0.05) is 11.6 Å². The molecule has 1 amide bonds. The lowest BCUT2D eigenvalue weighted by Gasteiger charge is -2.35. The summed E-state index contributed by atoms with van der Waals surface area (Å²) >= 11 is 6.23. The van der Waals surface area contributed by atoms with Crippen LogP contribution >= 0.6 is 11.6 Å². The number of likely N-dealkylation sites (tertiary alicyclic amines) is 1. The van der Waals surface area contributed by atoms with E-state index in [0.717, 1.165) is 87.5 Å². The minimum absolute atomic E-state index is 0.212. The third-order valence-electron chi connectivity index (χ3n) is 7.34. The Labute approximate surface area is 226 Å². The van der Waals surface area contributed by atoms with Crippen LogP contribution in [-0.4, -0.2) is 72.8 Å². The number of halogens is 1. The number of fused-ring (bicyclic) bond motifs is 1. The summed E-state index contributed by atoms with van der Waals surface area (Å²) in [6.45, 7) is 4.31. The lowest BCUT2D eigenvalue weighted by molar-refractivity contribution is 0.0607. The summed E-state index contributed by atoms with van der Waals surface area (Å²) in [6.07, 6.45) is 5.83. The van der Waals surface area contributed by atoms with E-state index in [1.165, 1.54) is 12.1 Å². The van der Waals surface area contributed by atoms with Crippen LogP contribution in [0.3, 0.4) is 0 Å². The second kappa shape index (κ2) is 9.90. The molecule has 0 saturated carbocycles. The molecule has 3 fully saturated rings. The molecule has 3 aromatic rings. The highest BCUT2D eigenvalue weighted by atomic mass is 35.5. The molecule has 11 nitrogen and oxygen atoms in total. The van der Waals surface area contributed by atoms with E-state index in [9.17, 15) is 13.2 Å². The number of aromatic nitrogens is 3. The fourth-order valence-corrected chi connectivity index (χ4v) is 6.12. The van der Waals surface area contributed by atoms with E-state index in [1.54, 1.807) is 11.0 Å². The Bertz CT molecular complexity index is 1480. The quantitative estimate of drug-likeness (QED) is 0.474. The third kappa shape index (κ3) is 4.87. The van der Waals surface area contributed by atoms with Gasteiger partial charge in [0.25, 0.3) is 5.91 Å². The monoisotopic (exact) mass is 558 g/mol. The molecule has 0 bridgehead atoms. The van der Waals surface area contributed by atoms with Gasteiger partial charge in [0.05, 0.1) is 29.2 Å². The maximum absolute atomic E-state index is 13.9. The highest BCUT2D eigenvalue weighted by molar-refractivity contribution is 7.92. The Hall–Kier alpha value is -3.09. The Morgan fingerprint density at radius 1 is 1.08 bits per heavy atom. The van der Waals surface area contributed by atoms with Crippen LogP contribution < -0.4 is 20.1 Å². The fourth-order valence-electron chi connectivity index (χ4n) is 5.37. The zero-order valence-corrected chi connectivity index (χ0v) is 22.8. The molecule has 38 heavy (non-hydrogen) atoms. The van der Waals surface area contributed by atoms with Crippen molar-refractivity contribution < 1.29 is 13.2 Å². The van der Waals surface area contributed by atoms with Crippen molar-refractivity contribution in [2.24, 2.45) is 0 Å². The summed E-state index contributed by atoms with van der Waals surface area (Å²) in [5.74, 6) is 1.59. The summed E-state index contributed by atoms with van der Waals surface area (Å²) in [4.78, 5) is 22.8. The maximum Gasteiger partial charge on any atom is 0.256 e. The van der Waals surface area contributed by atoms with Gasteiger partial charge in [-0.25, -0.2) is 18.8 Å². The zero-order chi connectivity index (χ0) is 26.4. The number of hydrazine groups is 1. The molecule has 0 spiro atoms. The van der Waals surface area contributed by atoms with Crippen molar-refractivity contribution in [1.82, 2.24) is 24.9 Å². The van der Waals surface area contributed by atoms with Crippen LogP contribution in [0.5, 0.6) is 0 Å². The van der Waals surface area contributed by atoms with E-state index in [4.69, 9.17) is 21.7 Å². The van der Waals surface area contributed by atoms with Crippen molar-refractivity contribution in [2.75, 3.05) is 53.6 Å². The Balaban J connectivity index is 1.39. The number of rotatable bonds is 6. The second-order valence-electron chi connectivity index (χ2n) is 10.1. The molecule has 3 saturated heterocycles. The van der Waals surface area contributed by atoms with E-state index in [2.05, 4.69) is 26.1 Å². The molecular formula is C25H31ClN8O3S. The fraction of sp³-hybridized carbons (Fsp3) is 0.480. The normalized spacial score (nSPS) is 20.2. The molecule has 202 valence electrons. The number of carbonyl (C=O) groups excluding carboxylic acids is 1. The van der Waals surface area contributed by atoms with Crippen LogP contribution in [-0.2, 0) is 10.0 Å². The first-order valence-electron chi connectivity index (χ1n) is 13.0. The molecule has 13 heteroatoms. The van der Waals surface area contributed by atoms with Crippen LogP contribution in [0.15, 0.2) is 30.3 Å². The average Bonchev–Trinajstić information content (AvgIpc) is 3.53. The van der Waals surface area contributed by atoms with Gasteiger partial charge in [-0.2, -0.15) is 9.61 Å². The lowest BCUT2D eigenvalue weighted by atomic mass is 9.98. The molecular weight excluding hydrogens is 528 g/mol. The third-order valence-corrected chi connectivity index (χ3v) is 8.17. The van der Waals surface area contributed by atoms with Crippen molar-refractivity contribution in [3.05, 3.63) is 46.6 Å². The van der Waals surface area contributed by atoms with Crippen molar-refractivity contribution in [2.45, 2.75) is 38.1 Å². The number of piperidine rings is 1. The Kier molecular flexibility index (Phi) is 6.57. The molecule has 2 N–H and O–H groups in total. The van der Waals surface area contributed by atoms with E-state index < -0.39 is 10.0 Å². The molecule has 0 aliphatic carbocycles. The molecule has 1 atom stereocenters. The number of anilines is 3. The van der Waals surface area contributed by atoms with E-state index in [-0.39, 0.29) is 23.2 Å². The van der Waals surface area contributed by atoms with Crippen molar-refractivity contribution in [3.63, 3.8) is 0 Å². The molecule has 6 rings (SSSR count). The molecule has 3 aliphatic heterocycles. The highest BCUT2D eigenvalue weighted by Crippen LogP contribution is 2.35. The van der Waals surface area contributed by atoms with Crippen molar-refractivity contribution >= 4 is 50.5 Å². The second-order valence-corrected chi connectivity index (χ2v) is 12.3. The number of sulfonamides is 1. The van der Waals surface area contributed by atoms with E-state index in [1.807, 2.05) is 10.6 Å². The first kappa shape index (κ1) is 25.2. The number of nitrogens with zero attached hydrogens (tertiary/aromatic N) is 6. The topological polar surface area (TPSA) is 115 Å². The van der Waals surface area contributed by atoms with Gasteiger partial charge in [0, 0.05) is 49.9 Å². The summed E-state index contributed by atoms with van der Waals surface area (Å²) in [5.41, 5.74) is 5.37. The van der Waals surface area contributed by atoms with Crippen LogP contribution in [0.1, 0.15) is 54.2 Å². The molecule has 5 heterocycles. The van der Waals surface area contributed by atoms with Crippen LogP contribution in [0.2, 0.25) is 5.02 Å². The predicted octanol–water partition coefficient (Wildman–Crippen LogP) is 3.05. The first-order valence-corrected chi connectivity index (χ1v) is 15.3. The van der Waals surface area contributed by atoms with Gasteiger partial charge in [0.1, 0.15) is 11.6 Å². The van der Waals surface area contributed by atoms with Gasteiger partial charge >= 0.3 is 0 Å². The molecule has 1 aromatic carbocycles. The summed E-state index contributed by atoms with van der Waals surface area (Å²) in [6, 6.07) is 8.40. The van der Waals surface area contributed by atoms with Crippen LogP contribution in [0.4, 0.5) is 17.3 Å². The number of amides is 1. The van der Waals surface area contributed by atoms with Crippen LogP contribution in [0, 0.1) is 0 Å². The molecule has 3 aliphatic rings. The molecule has 0 radical (unpaired) electrons. The number of nitrogens with one attached hydrogen (secondary N) is 2. The number of carbonyl (C=O) groups is 1. The van der Waals surface area contributed by atoms with Crippen LogP contribution in [0.25, 0.3) is 5.65 Å². The van der Waals surface area contributed by atoms with Gasteiger partial charge in [-0.3, -0.25) is 14.5 Å². The largest absolute Gasteiger partial charge is 0.356 e. The SMILES string of the molecule is CS(=O)(=O)Nc1ccc(Cl)cc1C(=O)N1CCCC[C@H]1c1cc2nc(N3CCC3)cc(N3CCCN3)n2n1. The van der Waals surface area contributed by atoms with Gasteiger partial charge in [0.2, 0.25) is 10.0 Å². The minimum atomic E-state index is -3.58. The average molecular weight is 559 g/mol. The standard InChI is InChI=1S/C25H31ClN8O3S/c1-38(36,37)30-19-8-7-17(26)14-18(19)25(35)32-12-3-2-6-21(32)20-15-23-28-22(31-10-5-11-31)16-24(34(23)29-20)33-13-4-9-27-33/h7-8,14-16,21,27,30H,2-6,9-13H2,1H3/t21-/m0/s1. The number of benzene rings is 1. The van der Waals surface area contributed by atoms with Gasteiger partial charge in [-0.15, -0.1) is 0 Å². The minimum Gasteiger partial charge on any atom is -0.356 e. The summed E-state index contributed by atoms with van der Waals surface area (Å²) in [5, 5.41) is 7.45. The Morgan fingerprint density at radius 3 is 2.63 bits per heavy atom. The van der Waals surface area contributed by atoms with Crippen molar-refractivity contribution in [1.29, 1.82) is 0 Å². The first-order chi connectivity index (χ1) is 18.3. The molecule has 2 aromatic heterocycles. The van der Waals surface area contributed by atoms with Gasteiger partial charge in [-0.05, 0) is 50.3 Å². The predicted molar refractivity (Wildman–Crippen MR) is 147 cm³/mol. The zero-order valence-electron chi connectivity index (χ0n) is 21.2. The van der Waals surface area contributed by atoms with E-state index in [0.29, 0.717) is 11.6 Å². The maximum atomic E-state index is 13.9. The van der Waals surface area contributed by atoms with Crippen molar-refractivity contribution in [3.8, 4) is 0 Å². The number of hydrogen-bond donors (Lipinski definition) is 2. The highest BCUT2D eigenvalue weighted by Gasteiger charge is 2.33. The summed E-state index contributed by atoms with van der Waals surface area (Å²) < 4.78 is 28.2. The lowest BCUT2D eigenvalue weighted by Crippen LogP contribution is -2.39. The smallest absolute Gasteiger partial charge is 0.256 e.